The number of halogens is 2. The summed E-state index contributed by atoms with van der Waals surface area (Å²) in [7, 11) is -0.298. The van der Waals surface area contributed by atoms with Gasteiger partial charge in [0.2, 0.25) is 5.91 Å². The Labute approximate surface area is 223 Å². The first kappa shape index (κ1) is 30.4. The van der Waals surface area contributed by atoms with Gasteiger partial charge in [0.15, 0.2) is 5.60 Å². The largest absolute Gasteiger partial charge is 0.552 e. The van der Waals surface area contributed by atoms with Gasteiger partial charge in [-0.05, 0) is 30.5 Å². The van der Waals surface area contributed by atoms with Crippen LogP contribution in [0.15, 0.2) is 18.2 Å². The highest BCUT2D eigenvalue weighted by atomic mass is 35.5. The molecule has 202 valence electrons. The maximum atomic E-state index is 13.2. The van der Waals surface area contributed by atoms with Crippen LogP contribution < -0.4 is 10.6 Å². The van der Waals surface area contributed by atoms with E-state index in [2.05, 4.69) is 10.6 Å². The van der Waals surface area contributed by atoms with Crippen molar-refractivity contribution in [2.45, 2.75) is 50.7 Å². The Kier molecular flexibility index (Phi) is 10.7. The van der Waals surface area contributed by atoms with E-state index >= 15 is 0 Å². The van der Waals surface area contributed by atoms with Gasteiger partial charge in [-0.25, -0.2) is 4.79 Å². The summed E-state index contributed by atoms with van der Waals surface area (Å²) in [6.07, 6.45) is -1.67. The smallest absolute Gasteiger partial charge is 0.508 e. The van der Waals surface area contributed by atoms with Gasteiger partial charge in [-0.3, -0.25) is 19.2 Å². The average molecular weight is 561 g/mol. The number of benzene rings is 1. The molecule has 0 radical (unpaired) electrons. The van der Waals surface area contributed by atoms with Crippen molar-refractivity contribution in [3.05, 3.63) is 33.8 Å². The first-order valence-corrected chi connectivity index (χ1v) is 11.9. The third-order valence-electron chi connectivity index (χ3n) is 5.36. The lowest BCUT2D eigenvalue weighted by molar-refractivity contribution is -0.175. The summed E-state index contributed by atoms with van der Waals surface area (Å²) in [4.78, 5) is 61.4. The van der Waals surface area contributed by atoms with E-state index in [1.165, 1.54) is 25.3 Å². The third kappa shape index (κ3) is 8.32. The summed E-state index contributed by atoms with van der Waals surface area (Å²) in [5.74, 6) is -6.82. The highest BCUT2D eigenvalue weighted by Gasteiger charge is 2.55. The Balaban J connectivity index is 2.29. The van der Waals surface area contributed by atoms with Crippen molar-refractivity contribution in [1.82, 2.24) is 10.6 Å². The molecule has 0 aromatic heterocycles. The molecule has 15 heteroatoms. The molecule has 0 spiro atoms. The van der Waals surface area contributed by atoms with Crippen LogP contribution >= 0.6 is 23.2 Å². The number of hydrogen-bond acceptors (Lipinski definition) is 8. The monoisotopic (exact) mass is 560 g/mol. The van der Waals surface area contributed by atoms with E-state index in [4.69, 9.17) is 37.2 Å². The van der Waals surface area contributed by atoms with E-state index < -0.39 is 67.3 Å². The molecule has 1 aromatic carbocycles. The second-order valence-electron chi connectivity index (χ2n) is 8.87. The van der Waals surface area contributed by atoms with E-state index in [1.54, 1.807) is 13.8 Å². The fourth-order valence-corrected chi connectivity index (χ4v) is 4.07. The number of carbonyl (C=O) groups excluding carboxylic acids is 3. The summed E-state index contributed by atoms with van der Waals surface area (Å²) in [6, 6.07) is 2.99. The molecule has 4 N–H and O–H groups in total. The molecule has 0 saturated carbocycles. The standard InChI is InChI=1S/C22H27BCl2N2O10/c1-11(2)6-16(23-36-18(30)9-22(37-23,21(33)34)8-17(28)29)27-20(32)15(10-35-3)26-19(31)13-7-12(24)4-5-14(13)25/h4-5,7,11,15-16H,6,8-10H2,1-3H3,(H,26,31)(H,27,32)(H,28,29)(H,33,34)/t15-,16-,22?/m0/s1. The maximum absolute atomic E-state index is 13.2. The molecule has 1 aliphatic rings. The zero-order chi connectivity index (χ0) is 27.9. The van der Waals surface area contributed by atoms with Crippen LogP contribution in [-0.4, -0.2) is 78.4 Å². The van der Waals surface area contributed by atoms with Gasteiger partial charge in [-0.2, -0.15) is 0 Å². The number of rotatable bonds is 12. The lowest BCUT2D eigenvalue weighted by Gasteiger charge is -2.38. The van der Waals surface area contributed by atoms with Crippen LogP contribution in [0.2, 0.25) is 10.0 Å². The minimum absolute atomic E-state index is 0.0197. The Morgan fingerprint density at radius 1 is 1.19 bits per heavy atom. The lowest BCUT2D eigenvalue weighted by Crippen LogP contribution is -2.63. The van der Waals surface area contributed by atoms with Crippen LogP contribution in [0.3, 0.4) is 0 Å². The number of carbonyl (C=O) groups is 5. The number of amides is 2. The molecular weight excluding hydrogens is 534 g/mol. The predicted octanol–water partition coefficient (Wildman–Crippen LogP) is 1.56. The molecular formula is C22H27BCl2N2O10. The van der Waals surface area contributed by atoms with Gasteiger partial charge in [0.1, 0.15) is 6.04 Å². The topological polar surface area (TPSA) is 178 Å². The van der Waals surface area contributed by atoms with Crippen LogP contribution in [0.4, 0.5) is 0 Å². The number of carboxylic acid groups (broad SMARTS) is 2. The number of carboxylic acids is 2. The summed E-state index contributed by atoms with van der Waals surface area (Å²) in [5, 5.41) is 24.3. The summed E-state index contributed by atoms with van der Waals surface area (Å²) in [6.45, 7) is 3.33. The highest BCUT2D eigenvalue weighted by molar-refractivity contribution is 6.50. The molecule has 1 saturated heterocycles. The van der Waals surface area contributed by atoms with Crippen molar-refractivity contribution < 1.29 is 48.2 Å². The molecule has 37 heavy (non-hydrogen) atoms. The number of ether oxygens (including phenoxy) is 1. The van der Waals surface area contributed by atoms with Crippen LogP contribution in [0.25, 0.3) is 0 Å². The fourth-order valence-electron chi connectivity index (χ4n) is 3.69. The SMILES string of the molecule is COC[C@H](NC(=O)c1cc(Cl)ccc1Cl)C(=O)N[C@@H](CC(C)C)B1OC(=O)CC(CC(=O)O)(C(=O)O)O1. The van der Waals surface area contributed by atoms with E-state index in [1.807, 2.05) is 0 Å². The van der Waals surface area contributed by atoms with Gasteiger partial charge in [0.25, 0.3) is 11.9 Å². The molecule has 0 bridgehead atoms. The van der Waals surface area contributed by atoms with Crippen LogP contribution in [0.1, 0.15) is 43.5 Å². The minimum Gasteiger partial charge on any atom is -0.508 e. The second kappa shape index (κ2) is 13.1. The van der Waals surface area contributed by atoms with Crippen molar-refractivity contribution in [2.24, 2.45) is 5.92 Å². The van der Waals surface area contributed by atoms with Crippen molar-refractivity contribution in [2.75, 3.05) is 13.7 Å². The molecule has 3 atom stereocenters. The van der Waals surface area contributed by atoms with Gasteiger partial charge < -0.3 is 34.9 Å². The van der Waals surface area contributed by atoms with Crippen LogP contribution in [0.5, 0.6) is 0 Å². The Bertz CT molecular complexity index is 1050. The number of methoxy groups -OCH3 is 1. The summed E-state index contributed by atoms with van der Waals surface area (Å²) in [5.41, 5.74) is -2.36. The molecule has 1 heterocycles. The van der Waals surface area contributed by atoms with Crippen molar-refractivity contribution in [3.63, 3.8) is 0 Å². The quantitative estimate of drug-likeness (QED) is 0.274. The molecule has 2 amide bonds. The van der Waals surface area contributed by atoms with Gasteiger partial charge >= 0.3 is 19.1 Å². The maximum Gasteiger partial charge on any atom is 0.552 e. The number of hydrogen-bond donors (Lipinski definition) is 4. The predicted molar refractivity (Wildman–Crippen MR) is 131 cm³/mol. The summed E-state index contributed by atoms with van der Waals surface area (Å²) < 4.78 is 15.7. The minimum atomic E-state index is -2.38. The Morgan fingerprint density at radius 3 is 2.43 bits per heavy atom. The lowest BCUT2D eigenvalue weighted by atomic mass is 9.70. The first-order chi connectivity index (χ1) is 17.3. The molecule has 0 aliphatic carbocycles. The van der Waals surface area contributed by atoms with E-state index in [0.29, 0.717) is 0 Å². The molecule has 2 rings (SSSR count). The Hall–Kier alpha value is -2.87. The number of nitrogens with one attached hydrogen (secondary N) is 2. The van der Waals surface area contributed by atoms with Crippen LogP contribution in [0, 0.1) is 5.92 Å². The van der Waals surface area contributed by atoms with Crippen LogP contribution in [-0.2, 0) is 33.2 Å². The van der Waals surface area contributed by atoms with Crippen molar-refractivity contribution >= 4 is 60.0 Å². The van der Waals surface area contributed by atoms with Gasteiger partial charge in [0, 0.05) is 12.1 Å². The van der Waals surface area contributed by atoms with Crippen molar-refractivity contribution in [1.29, 1.82) is 0 Å². The zero-order valence-electron chi connectivity index (χ0n) is 20.3. The molecule has 1 fully saturated rings. The molecule has 1 aromatic rings. The van der Waals surface area contributed by atoms with Crippen molar-refractivity contribution in [3.8, 4) is 0 Å². The van der Waals surface area contributed by atoms with Gasteiger partial charge in [-0.1, -0.05) is 37.0 Å². The average Bonchev–Trinajstić information content (AvgIpc) is 2.78. The van der Waals surface area contributed by atoms with E-state index in [-0.39, 0.29) is 34.6 Å². The zero-order valence-corrected chi connectivity index (χ0v) is 21.8. The second-order valence-corrected chi connectivity index (χ2v) is 9.72. The first-order valence-electron chi connectivity index (χ1n) is 11.2. The third-order valence-corrected chi connectivity index (χ3v) is 5.92. The molecule has 1 aliphatic heterocycles. The van der Waals surface area contributed by atoms with Gasteiger partial charge in [0.05, 0.1) is 36.0 Å². The van der Waals surface area contributed by atoms with E-state index in [9.17, 15) is 34.2 Å². The fraction of sp³-hybridized carbons (Fsp3) is 0.500. The summed E-state index contributed by atoms with van der Waals surface area (Å²) >= 11 is 12.0. The molecule has 1 unspecified atom stereocenters. The van der Waals surface area contributed by atoms with Gasteiger partial charge in [-0.15, -0.1) is 0 Å². The Morgan fingerprint density at radius 2 is 1.86 bits per heavy atom. The number of aliphatic carboxylic acids is 2. The van der Waals surface area contributed by atoms with E-state index in [0.717, 1.165) is 0 Å². The normalized spacial score (nSPS) is 19.1. The highest BCUT2D eigenvalue weighted by Crippen LogP contribution is 2.30. The molecule has 12 nitrogen and oxygen atoms in total.